The monoisotopic (exact) mass is 516 g/mol. The smallest absolute Gasteiger partial charge is 0.421 e. The number of hydrogen-bond acceptors (Lipinski definition) is 8. The molecule has 0 radical (unpaired) electrons. The molecule has 6 nitrogen and oxygen atoms in total. The first-order chi connectivity index (χ1) is 16.8. The molecule has 3 heterocycles. The van der Waals surface area contributed by atoms with E-state index >= 15 is 0 Å². The summed E-state index contributed by atoms with van der Waals surface area (Å²) in [6.45, 7) is 5.43. The van der Waals surface area contributed by atoms with Crippen LogP contribution in [0.25, 0.3) is 20.8 Å². The normalized spacial score (nSPS) is 19.4. The third kappa shape index (κ3) is 5.02. The molecular formula is C25H26F2N4O2S2. The van der Waals surface area contributed by atoms with Crippen LogP contribution in [0.3, 0.4) is 0 Å². The zero-order valence-electron chi connectivity index (χ0n) is 19.4. The highest BCUT2D eigenvalue weighted by Crippen LogP contribution is 2.43. The van der Waals surface area contributed by atoms with E-state index in [0.29, 0.717) is 10.2 Å². The van der Waals surface area contributed by atoms with Crippen LogP contribution in [0.4, 0.5) is 13.9 Å². The van der Waals surface area contributed by atoms with Gasteiger partial charge < -0.3 is 14.7 Å². The van der Waals surface area contributed by atoms with Crippen molar-refractivity contribution in [3.05, 3.63) is 59.6 Å². The Balaban J connectivity index is 1.47. The second-order valence-electron chi connectivity index (χ2n) is 8.78. The number of halogens is 2. The second-order valence-corrected chi connectivity index (χ2v) is 10.7. The lowest BCUT2D eigenvalue weighted by Gasteiger charge is -2.44. The number of nitrogens with zero attached hydrogens (tertiary/aromatic N) is 4. The van der Waals surface area contributed by atoms with Crippen molar-refractivity contribution in [1.29, 1.82) is 0 Å². The average Bonchev–Trinajstić information content (AvgIpc) is 3.53. The lowest BCUT2D eigenvalue weighted by atomic mass is 10.1. The van der Waals surface area contributed by atoms with E-state index in [9.17, 15) is 8.78 Å². The van der Waals surface area contributed by atoms with Gasteiger partial charge in [0, 0.05) is 48.9 Å². The van der Waals surface area contributed by atoms with Crippen LogP contribution in [-0.2, 0) is 6.54 Å². The summed E-state index contributed by atoms with van der Waals surface area (Å²) in [5.74, 6) is 0.00640. The van der Waals surface area contributed by atoms with Crippen molar-refractivity contribution in [2.24, 2.45) is 0 Å². The fourth-order valence-corrected chi connectivity index (χ4v) is 6.25. The number of fused-ring (bicyclic) bond motifs is 1. The standard InChI is InChI=1S/C25H26F2N4O2S2/c1-16-12-30(13-17(2)31(16)14-18-6-4-3-5-7-18)24-29-21-19(23-28-10-11-34-23)8-9-20(22(21)35-24)33-25(26,27)15-32/h3-11,16-17,32H,12-15H2,1-2H3/t16-,17+. The Morgan fingerprint density at radius 3 is 2.51 bits per heavy atom. The van der Waals surface area contributed by atoms with Gasteiger partial charge >= 0.3 is 6.11 Å². The average molecular weight is 517 g/mol. The number of aliphatic hydroxyl groups excluding tert-OH is 1. The van der Waals surface area contributed by atoms with Gasteiger partial charge in [-0.3, -0.25) is 4.90 Å². The highest BCUT2D eigenvalue weighted by molar-refractivity contribution is 7.22. The Morgan fingerprint density at radius 2 is 1.86 bits per heavy atom. The molecule has 1 fully saturated rings. The van der Waals surface area contributed by atoms with Crippen molar-refractivity contribution in [1.82, 2.24) is 14.9 Å². The van der Waals surface area contributed by atoms with Gasteiger partial charge in [-0.05, 0) is 31.5 Å². The largest absolute Gasteiger partial charge is 0.429 e. The van der Waals surface area contributed by atoms with Crippen molar-refractivity contribution in [3.8, 4) is 16.3 Å². The Bertz CT molecular complexity index is 1270. The van der Waals surface area contributed by atoms with Crippen LogP contribution in [0.1, 0.15) is 19.4 Å². The van der Waals surface area contributed by atoms with E-state index in [0.717, 1.165) is 35.3 Å². The first kappa shape index (κ1) is 24.1. The molecule has 5 rings (SSSR count). The molecule has 2 atom stereocenters. The maximum absolute atomic E-state index is 13.9. The zero-order valence-corrected chi connectivity index (χ0v) is 21.0. The minimum Gasteiger partial charge on any atom is -0.429 e. The molecule has 0 aliphatic carbocycles. The molecule has 1 aliphatic heterocycles. The summed E-state index contributed by atoms with van der Waals surface area (Å²) in [4.78, 5) is 14.0. The maximum Gasteiger partial charge on any atom is 0.421 e. The predicted molar refractivity (Wildman–Crippen MR) is 137 cm³/mol. The highest BCUT2D eigenvalue weighted by atomic mass is 32.1. The fraction of sp³-hybridized carbons (Fsp3) is 0.360. The van der Waals surface area contributed by atoms with E-state index in [4.69, 9.17) is 14.8 Å². The Kier molecular flexibility index (Phi) is 6.71. The number of aliphatic hydroxyl groups is 1. The molecule has 2 aromatic heterocycles. The van der Waals surface area contributed by atoms with Gasteiger partial charge in [-0.2, -0.15) is 8.78 Å². The maximum atomic E-state index is 13.9. The molecule has 0 bridgehead atoms. The third-order valence-corrected chi connectivity index (χ3v) is 8.12. The minimum atomic E-state index is -3.67. The van der Waals surface area contributed by atoms with Crippen LogP contribution in [0.2, 0.25) is 0 Å². The summed E-state index contributed by atoms with van der Waals surface area (Å²) >= 11 is 2.80. The van der Waals surface area contributed by atoms with Gasteiger partial charge in [0.15, 0.2) is 5.13 Å². The molecular weight excluding hydrogens is 490 g/mol. The molecule has 0 unspecified atom stereocenters. The topological polar surface area (TPSA) is 61.7 Å². The van der Waals surface area contributed by atoms with Crippen LogP contribution >= 0.6 is 22.7 Å². The Morgan fingerprint density at radius 1 is 1.11 bits per heavy atom. The van der Waals surface area contributed by atoms with Crippen molar-refractivity contribution in [3.63, 3.8) is 0 Å². The van der Waals surface area contributed by atoms with Gasteiger partial charge in [0.05, 0.1) is 10.2 Å². The molecule has 0 amide bonds. The van der Waals surface area contributed by atoms with Crippen LogP contribution < -0.4 is 9.64 Å². The number of piperazine rings is 1. The van der Waals surface area contributed by atoms with Crippen molar-refractivity contribution in [2.75, 3.05) is 24.6 Å². The van der Waals surface area contributed by atoms with Crippen LogP contribution in [-0.4, -0.2) is 57.9 Å². The van der Waals surface area contributed by atoms with Crippen LogP contribution in [0.15, 0.2) is 54.0 Å². The number of ether oxygens (including phenoxy) is 1. The lowest BCUT2D eigenvalue weighted by molar-refractivity contribution is -0.200. The van der Waals surface area contributed by atoms with E-state index in [1.807, 2.05) is 11.4 Å². The van der Waals surface area contributed by atoms with Crippen molar-refractivity contribution >= 4 is 38.0 Å². The Labute approximate surface area is 210 Å². The minimum absolute atomic E-state index is 0.00640. The SMILES string of the molecule is C[C@@H]1CN(c2nc3c(-c4nccs4)ccc(OC(F)(F)CO)c3s2)C[C@H](C)N1Cc1ccccc1. The summed E-state index contributed by atoms with van der Waals surface area (Å²) in [7, 11) is 0. The number of hydrogen-bond donors (Lipinski definition) is 1. The third-order valence-electron chi connectivity index (χ3n) is 6.18. The number of anilines is 1. The number of thiazole rings is 2. The summed E-state index contributed by atoms with van der Waals surface area (Å²) < 4.78 is 33.3. The van der Waals surface area contributed by atoms with E-state index in [1.165, 1.54) is 34.3 Å². The van der Waals surface area contributed by atoms with Gasteiger partial charge in [-0.25, -0.2) is 9.97 Å². The zero-order chi connectivity index (χ0) is 24.6. The van der Waals surface area contributed by atoms with E-state index < -0.39 is 12.7 Å². The van der Waals surface area contributed by atoms with Crippen LogP contribution in [0, 0.1) is 0 Å². The predicted octanol–water partition coefficient (Wildman–Crippen LogP) is 5.48. The van der Waals surface area contributed by atoms with Gasteiger partial charge in [0.2, 0.25) is 0 Å². The Hall–Kier alpha value is -2.66. The molecule has 1 saturated heterocycles. The first-order valence-corrected chi connectivity index (χ1v) is 13.1. The second kappa shape index (κ2) is 9.77. The summed E-state index contributed by atoms with van der Waals surface area (Å²) in [5, 5.41) is 12.4. The van der Waals surface area contributed by atoms with Crippen molar-refractivity contribution < 1.29 is 18.6 Å². The number of benzene rings is 2. The fourth-order valence-electron chi connectivity index (χ4n) is 4.53. The van der Waals surface area contributed by atoms with E-state index in [-0.39, 0.29) is 17.8 Å². The number of aromatic nitrogens is 2. The van der Waals surface area contributed by atoms with E-state index in [1.54, 1.807) is 12.3 Å². The van der Waals surface area contributed by atoms with Crippen molar-refractivity contribution in [2.45, 2.75) is 38.6 Å². The summed E-state index contributed by atoms with van der Waals surface area (Å²) in [6, 6.07) is 14.2. The molecule has 1 aliphatic rings. The first-order valence-electron chi connectivity index (χ1n) is 11.4. The molecule has 0 spiro atoms. The molecule has 35 heavy (non-hydrogen) atoms. The number of rotatable bonds is 7. The van der Waals surface area contributed by atoms with Gasteiger partial charge in [-0.1, -0.05) is 41.7 Å². The molecule has 2 aromatic carbocycles. The molecule has 4 aromatic rings. The number of alkyl halides is 2. The lowest BCUT2D eigenvalue weighted by Crippen LogP contribution is -2.56. The molecule has 0 saturated carbocycles. The molecule has 10 heteroatoms. The van der Waals surface area contributed by atoms with Gasteiger partial charge in [0.25, 0.3) is 0 Å². The van der Waals surface area contributed by atoms with Gasteiger partial charge in [0.1, 0.15) is 17.4 Å². The van der Waals surface area contributed by atoms with Crippen LogP contribution in [0.5, 0.6) is 5.75 Å². The molecule has 1 N–H and O–H groups in total. The summed E-state index contributed by atoms with van der Waals surface area (Å²) in [6.07, 6.45) is -1.97. The highest BCUT2D eigenvalue weighted by Gasteiger charge is 2.34. The van der Waals surface area contributed by atoms with E-state index in [2.05, 4.69) is 52.9 Å². The molecule has 184 valence electrons. The summed E-state index contributed by atoms with van der Waals surface area (Å²) in [5.41, 5.74) is 2.64. The van der Waals surface area contributed by atoms with Gasteiger partial charge in [-0.15, -0.1) is 11.3 Å². The quantitative estimate of drug-likeness (QED) is 0.351.